The quantitative estimate of drug-likeness (QED) is 0.880. The first kappa shape index (κ1) is 19.1. The van der Waals surface area contributed by atoms with Gasteiger partial charge in [0.05, 0.1) is 11.7 Å². The van der Waals surface area contributed by atoms with E-state index >= 15 is 0 Å². The summed E-state index contributed by atoms with van der Waals surface area (Å²) in [6.45, 7) is 8.88. The lowest BCUT2D eigenvalue weighted by Gasteiger charge is -2.47. The van der Waals surface area contributed by atoms with Crippen molar-refractivity contribution in [3.63, 3.8) is 0 Å². The maximum absolute atomic E-state index is 13.0. The van der Waals surface area contributed by atoms with E-state index in [9.17, 15) is 4.79 Å². The lowest BCUT2D eigenvalue weighted by atomic mass is 9.85. The molecule has 3 heterocycles. The summed E-state index contributed by atoms with van der Waals surface area (Å²) in [5.74, 6) is 0. The van der Waals surface area contributed by atoms with Crippen LogP contribution in [0.5, 0.6) is 0 Å². The molecule has 1 spiro atoms. The largest absolute Gasteiger partial charge is 0.330 e. The number of hydrogen-bond acceptors (Lipinski definition) is 4. The Morgan fingerprint density at radius 1 is 1.19 bits per heavy atom. The van der Waals surface area contributed by atoms with Gasteiger partial charge < -0.3 is 15.1 Å². The smallest absolute Gasteiger partial charge is 0.317 e. The van der Waals surface area contributed by atoms with Crippen LogP contribution in [-0.2, 0) is 0 Å². The highest BCUT2D eigenvalue weighted by molar-refractivity contribution is 5.74. The van der Waals surface area contributed by atoms with Crippen molar-refractivity contribution >= 4 is 6.03 Å². The van der Waals surface area contributed by atoms with Crippen LogP contribution in [-0.4, -0.2) is 78.1 Å². The average molecular weight is 360 g/mol. The number of likely N-dealkylation sites (tertiary alicyclic amines) is 1. The van der Waals surface area contributed by atoms with E-state index < -0.39 is 0 Å². The highest BCUT2D eigenvalue weighted by Crippen LogP contribution is 2.31. The van der Waals surface area contributed by atoms with Crippen LogP contribution in [0.2, 0.25) is 0 Å². The minimum atomic E-state index is -0.0863. The van der Waals surface area contributed by atoms with E-state index in [4.69, 9.17) is 0 Å². The Kier molecular flexibility index (Phi) is 5.82. The number of carbonyl (C=O) groups excluding carboxylic acids is 1. The number of piperidine rings is 1. The van der Waals surface area contributed by atoms with Crippen LogP contribution >= 0.6 is 0 Å². The summed E-state index contributed by atoms with van der Waals surface area (Å²) < 4.78 is 0. The van der Waals surface area contributed by atoms with Gasteiger partial charge in [0.15, 0.2) is 0 Å². The molecule has 26 heavy (non-hydrogen) atoms. The molecule has 144 valence electrons. The van der Waals surface area contributed by atoms with Gasteiger partial charge in [0.25, 0.3) is 0 Å². The maximum Gasteiger partial charge on any atom is 0.317 e. The zero-order chi connectivity index (χ0) is 18.7. The summed E-state index contributed by atoms with van der Waals surface area (Å²) >= 11 is 0. The monoisotopic (exact) mass is 359 g/mol. The second-order valence-electron chi connectivity index (χ2n) is 8.10. The van der Waals surface area contributed by atoms with Gasteiger partial charge in [-0.15, -0.1) is 0 Å². The third-order valence-corrected chi connectivity index (χ3v) is 6.11. The maximum atomic E-state index is 13.0. The zero-order valence-corrected chi connectivity index (χ0v) is 16.7. The number of urea groups is 1. The van der Waals surface area contributed by atoms with Crippen LogP contribution < -0.4 is 5.32 Å². The van der Waals surface area contributed by atoms with Crippen LogP contribution in [0.4, 0.5) is 4.79 Å². The van der Waals surface area contributed by atoms with Gasteiger partial charge in [-0.3, -0.25) is 9.88 Å². The molecule has 3 rings (SSSR count). The number of nitrogens with one attached hydrogen (secondary N) is 1. The van der Waals surface area contributed by atoms with Crippen molar-refractivity contribution in [2.75, 3.05) is 46.8 Å². The molecular formula is C20H33N5O. The van der Waals surface area contributed by atoms with Crippen LogP contribution in [0, 0.1) is 6.92 Å². The van der Waals surface area contributed by atoms with Crippen LogP contribution in [0.25, 0.3) is 0 Å². The molecule has 1 aromatic heterocycles. The van der Waals surface area contributed by atoms with Gasteiger partial charge in [0.1, 0.15) is 0 Å². The number of likely N-dealkylation sites (N-methyl/N-ethyl adjacent to an activating group) is 1. The summed E-state index contributed by atoms with van der Waals surface area (Å²) in [7, 11) is 4.41. The fourth-order valence-electron chi connectivity index (χ4n) is 4.19. The Hall–Kier alpha value is -1.66. The van der Waals surface area contributed by atoms with Crippen molar-refractivity contribution in [3.8, 4) is 0 Å². The second kappa shape index (κ2) is 7.92. The number of rotatable bonds is 2. The average Bonchev–Trinajstić information content (AvgIpc) is 2.77. The van der Waals surface area contributed by atoms with Crippen LogP contribution in [0.3, 0.4) is 0 Å². The van der Waals surface area contributed by atoms with E-state index in [2.05, 4.69) is 34.2 Å². The molecule has 6 nitrogen and oxygen atoms in total. The summed E-state index contributed by atoms with van der Waals surface area (Å²) in [6.07, 6.45) is 3.27. The van der Waals surface area contributed by atoms with Gasteiger partial charge in [-0.2, -0.15) is 0 Å². The number of hydrogen-bond donors (Lipinski definition) is 1. The van der Waals surface area contributed by atoms with Crippen molar-refractivity contribution in [1.29, 1.82) is 0 Å². The van der Waals surface area contributed by atoms with Gasteiger partial charge in [0, 0.05) is 30.9 Å². The Bertz CT molecular complexity index is 626. The van der Waals surface area contributed by atoms with E-state index in [1.165, 1.54) is 0 Å². The van der Waals surface area contributed by atoms with Crippen molar-refractivity contribution in [2.45, 2.75) is 44.7 Å². The molecule has 0 aromatic carbocycles. The molecule has 0 radical (unpaired) electrons. The summed E-state index contributed by atoms with van der Waals surface area (Å²) in [5, 5.41) is 3.16. The number of amides is 2. The fraction of sp³-hybridized carbons (Fsp3) is 0.700. The molecule has 1 aromatic rings. The van der Waals surface area contributed by atoms with Gasteiger partial charge in [-0.05, 0) is 72.4 Å². The number of aryl methyl sites for hydroxylation is 1. The number of carbonyl (C=O) groups is 1. The lowest BCUT2D eigenvalue weighted by Crippen LogP contribution is -2.59. The van der Waals surface area contributed by atoms with Gasteiger partial charge in [-0.1, -0.05) is 6.07 Å². The lowest BCUT2D eigenvalue weighted by molar-refractivity contribution is 0.0410. The summed E-state index contributed by atoms with van der Waals surface area (Å²) in [4.78, 5) is 24.4. The van der Waals surface area contributed by atoms with E-state index in [0.29, 0.717) is 0 Å². The predicted molar refractivity (Wildman–Crippen MR) is 104 cm³/mol. The van der Waals surface area contributed by atoms with E-state index in [1.54, 1.807) is 0 Å². The Morgan fingerprint density at radius 2 is 1.92 bits per heavy atom. The second-order valence-corrected chi connectivity index (χ2v) is 8.10. The van der Waals surface area contributed by atoms with Gasteiger partial charge in [0.2, 0.25) is 0 Å². The fourth-order valence-corrected chi connectivity index (χ4v) is 4.19. The zero-order valence-electron chi connectivity index (χ0n) is 16.7. The van der Waals surface area contributed by atoms with Gasteiger partial charge >= 0.3 is 6.03 Å². The summed E-state index contributed by atoms with van der Waals surface area (Å²) in [5.41, 5.74) is 2.01. The third-order valence-electron chi connectivity index (χ3n) is 6.11. The van der Waals surface area contributed by atoms with E-state index in [1.807, 2.05) is 36.9 Å². The number of pyridine rings is 1. The number of aromatic nitrogens is 1. The number of nitrogens with zero attached hydrogens (tertiary/aromatic N) is 4. The molecule has 2 amide bonds. The molecule has 0 aliphatic carbocycles. The Morgan fingerprint density at radius 3 is 2.62 bits per heavy atom. The molecule has 2 fully saturated rings. The van der Waals surface area contributed by atoms with Gasteiger partial charge in [-0.25, -0.2) is 4.79 Å². The third kappa shape index (κ3) is 4.18. The Balaban J connectivity index is 1.68. The highest BCUT2D eigenvalue weighted by atomic mass is 16.2. The van der Waals surface area contributed by atoms with E-state index in [0.717, 1.165) is 63.4 Å². The van der Waals surface area contributed by atoms with Crippen LogP contribution in [0.15, 0.2) is 18.2 Å². The first-order valence-electron chi connectivity index (χ1n) is 9.78. The normalized spacial score (nSPS) is 22.8. The predicted octanol–water partition coefficient (Wildman–Crippen LogP) is 2.26. The van der Waals surface area contributed by atoms with Crippen molar-refractivity contribution in [1.82, 2.24) is 25.0 Å². The topological polar surface area (TPSA) is 51.7 Å². The van der Waals surface area contributed by atoms with Crippen molar-refractivity contribution in [3.05, 3.63) is 29.6 Å². The molecule has 2 aliphatic heterocycles. The summed E-state index contributed by atoms with van der Waals surface area (Å²) in [6, 6.07) is 5.90. The standard InChI is InChI=1S/C20H33N5O/c1-16-7-5-8-18(21-16)17(2)22-19(26)25-12-6-11-24(4)20(15-25)9-13-23(3)14-10-20/h5,7-8,17H,6,9-15H2,1-4H3,(H,22,26). The molecule has 6 heteroatoms. The van der Waals surface area contributed by atoms with Crippen LogP contribution in [0.1, 0.15) is 43.6 Å². The van der Waals surface area contributed by atoms with E-state index in [-0.39, 0.29) is 17.6 Å². The minimum absolute atomic E-state index is 0.0365. The highest BCUT2D eigenvalue weighted by Gasteiger charge is 2.41. The van der Waals surface area contributed by atoms with Crippen molar-refractivity contribution in [2.24, 2.45) is 0 Å². The molecule has 1 atom stereocenters. The molecule has 1 unspecified atom stereocenters. The minimum Gasteiger partial charge on any atom is -0.330 e. The molecule has 0 saturated carbocycles. The van der Waals surface area contributed by atoms with Crippen molar-refractivity contribution < 1.29 is 4.79 Å². The first-order chi connectivity index (χ1) is 12.4. The molecule has 0 bridgehead atoms. The molecule has 1 N–H and O–H groups in total. The molecular weight excluding hydrogens is 326 g/mol. The molecule has 2 saturated heterocycles. The Labute approximate surface area is 157 Å². The SMILES string of the molecule is Cc1cccc(C(C)NC(=O)N2CCCN(C)C3(CCN(C)CC3)C2)n1. The molecule has 2 aliphatic rings. The first-order valence-corrected chi connectivity index (χ1v) is 9.78.